The molecule has 0 aliphatic carbocycles. The van der Waals surface area contributed by atoms with Gasteiger partial charge in [0.05, 0.1) is 13.2 Å². The van der Waals surface area contributed by atoms with E-state index in [0.29, 0.717) is 18.4 Å². The van der Waals surface area contributed by atoms with Crippen LogP contribution >= 0.6 is 0 Å². The number of oxazole rings is 2. The van der Waals surface area contributed by atoms with Gasteiger partial charge in [0.25, 0.3) is 0 Å². The Kier molecular flexibility index (Phi) is 15.7. The van der Waals surface area contributed by atoms with Crippen LogP contribution in [0, 0.1) is 13.8 Å². The van der Waals surface area contributed by atoms with Crippen molar-refractivity contribution >= 4 is 45.3 Å². The number of methoxy groups -OCH3 is 1. The van der Waals surface area contributed by atoms with Gasteiger partial charge in [0, 0.05) is 19.5 Å². The van der Waals surface area contributed by atoms with Gasteiger partial charge >= 0.3 is 23.1 Å². The average molecular weight is 709 g/mol. The van der Waals surface area contributed by atoms with Crippen LogP contribution in [0.5, 0.6) is 0 Å². The molecule has 4 heterocycles. The van der Waals surface area contributed by atoms with Gasteiger partial charge in [-0.25, -0.2) is 9.97 Å². The van der Waals surface area contributed by atoms with E-state index in [4.69, 9.17) is 35.1 Å². The van der Waals surface area contributed by atoms with Gasteiger partial charge in [0.2, 0.25) is 11.8 Å². The second-order valence-electron chi connectivity index (χ2n) is 10.4. The molecule has 0 unspecified atom stereocenters. The first-order valence-electron chi connectivity index (χ1n) is 15.0. The smallest absolute Gasteiger partial charge is 0.335 e. The van der Waals surface area contributed by atoms with Crippen LogP contribution in [0.15, 0.2) is 69.8 Å². The van der Waals surface area contributed by atoms with Gasteiger partial charge in [0.1, 0.15) is 29.2 Å². The number of hydrogen-bond acceptors (Lipinski definition) is 13. The van der Waals surface area contributed by atoms with Crippen molar-refractivity contribution in [2.75, 3.05) is 13.9 Å². The van der Waals surface area contributed by atoms with Crippen molar-refractivity contribution in [3.63, 3.8) is 0 Å². The lowest BCUT2D eigenvalue weighted by Gasteiger charge is -2.07. The molecule has 0 radical (unpaired) electrons. The molecular weight excluding hydrogens is 673 g/mol. The van der Waals surface area contributed by atoms with E-state index in [0.717, 1.165) is 79.8 Å². The Morgan fingerprint density at radius 3 is 1.59 bits per heavy atom. The molecule has 6 aromatic rings. The number of aliphatic hydroxyl groups excluding tert-OH is 1. The van der Waals surface area contributed by atoms with Gasteiger partial charge in [-0.1, -0.05) is 26.0 Å². The molecule has 49 heavy (non-hydrogen) atoms. The first-order chi connectivity index (χ1) is 23.7. The normalized spacial score (nSPS) is 10.3. The number of aromatic nitrogens is 4. The Labute approximate surface area is 290 Å². The molecule has 0 aliphatic rings. The summed E-state index contributed by atoms with van der Waals surface area (Å²) in [4.78, 5) is 18.0. The monoisotopic (exact) mass is 708 g/mol. The van der Waals surface area contributed by atoms with Crippen molar-refractivity contribution in [3.8, 4) is 23.2 Å². The zero-order valence-electron chi connectivity index (χ0n) is 27.6. The van der Waals surface area contributed by atoms with Crippen LogP contribution in [-0.2, 0) is 58.7 Å². The van der Waals surface area contributed by atoms with Crippen LogP contribution in [0.1, 0.15) is 47.2 Å². The van der Waals surface area contributed by atoms with E-state index in [1.54, 1.807) is 19.5 Å². The third kappa shape index (κ3) is 10.9. The number of aryl methyl sites for hydroxylation is 4. The van der Waals surface area contributed by atoms with Crippen LogP contribution in [-0.4, -0.2) is 55.8 Å². The highest BCUT2D eigenvalue weighted by Crippen LogP contribution is 2.28. The maximum Gasteiger partial charge on any atom is 0.335 e. The van der Waals surface area contributed by atoms with Crippen LogP contribution in [0.3, 0.4) is 0 Å². The molecule has 258 valence electrons. The third-order valence-electron chi connectivity index (χ3n) is 6.95. The number of benzene rings is 2. The standard InChI is InChI=1S/C18H20N2O3.C16H16N2O2.2O2S/c1-4-14-8-13(10-22-11-21-3)9-19-17(14)18-20-15-7-12(2)5-6-16(15)23-18;1-3-12-7-11(9-19)8-17-15(12)16-18-13-6-10(2)4-5-14(13)20-16;2*1-3-2/h5-9H,4,10-11H2,1-3H3;4-8,19H,3,9H2,1-2H3;;. The van der Waals surface area contributed by atoms with Crippen LogP contribution in [0.4, 0.5) is 0 Å². The predicted molar refractivity (Wildman–Crippen MR) is 183 cm³/mol. The first kappa shape index (κ1) is 38.6. The second-order valence-corrected chi connectivity index (χ2v) is 10.7. The number of fused-ring (bicyclic) bond motifs is 2. The molecule has 13 nitrogen and oxygen atoms in total. The Morgan fingerprint density at radius 2 is 1.16 bits per heavy atom. The molecule has 0 aliphatic heterocycles. The average Bonchev–Trinajstić information content (AvgIpc) is 3.72. The lowest BCUT2D eigenvalue weighted by atomic mass is 10.1. The molecule has 0 fully saturated rings. The Morgan fingerprint density at radius 1 is 0.714 bits per heavy atom. The molecule has 2 aromatic carbocycles. The van der Waals surface area contributed by atoms with Gasteiger partial charge in [-0.2, -0.15) is 16.8 Å². The van der Waals surface area contributed by atoms with E-state index >= 15 is 0 Å². The minimum atomic E-state index is -0.750. The largest absolute Gasteiger partial charge is 0.435 e. The predicted octanol–water partition coefficient (Wildman–Crippen LogP) is 5.79. The van der Waals surface area contributed by atoms with E-state index in [2.05, 4.69) is 39.8 Å². The topological polar surface area (TPSA) is 185 Å². The molecule has 0 atom stereocenters. The summed E-state index contributed by atoms with van der Waals surface area (Å²) in [7, 11) is 1.60. The Balaban J connectivity index is 0.000000230. The fraction of sp³-hybridized carbons (Fsp3) is 0.294. The maximum absolute atomic E-state index is 9.18. The summed E-state index contributed by atoms with van der Waals surface area (Å²) in [5.74, 6) is 1.10. The lowest BCUT2D eigenvalue weighted by molar-refractivity contribution is -0.0391. The highest BCUT2D eigenvalue weighted by atomic mass is 32.1. The van der Waals surface area contributed by atoms with E-state index in [9.17, 15) is 5.11 Å². The van der Waals surface area contributed by atoms with Crippen LogP contribution in [0.2, 0.25) is 0 Å². The van der Waals surface area contributed by atoms with E-state index in [-0.39, 0.29) is 13.4 Å². The zero-order valence-corrected chi connectivity index (χ0v) is 29.3. The molecule has 0 spiro atoms. The third-order valence-corrected chi connectivity index (χ3v) is 6.95. The summed E-state index contributed by atoms with van der Waals surface area (Å²) in [6.45, 7) is 8.95. The number of ether oxygens (including phenoxy) is 2. The van der Waals surface area contributed by atoms with Crippen LogP contribution in [0.25, 0.3) is 45.4 Å². The van der Waals surface area contributed by atoms with Crippen LogP contribution < -0.4 is 0 Å². The van der Waals surface area contributed by atoms with Gasteiger partial charge in [-0.3, -0.25) is 9.97 Å². The molecular formula is C34H36N4O9S2. The number of aliphatic hydroxyl groups is 1. The van der Waals surface area contributed by atoms with Crippen molar-refractivity contribution in [2.45, 2.75) is 53.8 Å². The molecule has 0 saturated carbocycles. The van der Waals surface area contributed by atoms with E-state index < -0.39 is 23.1 Å². The van der Waals surface area contributed by atoms with Crippen molar-refractivity contribution in [2.24, 2.45) is 0 Å². The zero-order chi connectivity index (χ0) is 35.8. The minimum Gasteiger partial charge on any atom is -0.435 e. The number of pyridine rings is 2. The fourth-order valence-corrected chi connectivity index (χ4v) is 4.73. The summed E-state index contributed by atoms with van der Waals surface area (Å²) in [6, 6.07) is 15.9. The minimum absolute atomic E-state index is 0.00691. The number of nitrogens with zero attached hydrogens (tertiary/aromatic N) is 4. The summed E-state index contributed by atoms with van der Waals surface area (Å²) in [5, 5.41) is 9.18. The Hall–Kier alpha value is -4.80. The summed E-state index contributed by atoms with van der Waals surface area (Å²) < 4.78 is 55.1. The molecule has 0 saturated heterocycles. The van der Waals surface area contributed by atoms with Crippen molar-refractivity contribution < 1.29 is 40.3 Å². The van der Waals surface area contributed by atoms with E-state index in [1.165, 1.54) is 0 Å². The highest BCUT2D eigenvalue weighted by Gasteiger charge is 2.15. The fourth-order valence-electron chi connectivity index (χ4n) is 4.73. The molecule has 0 amide bonds. The summed E-state index contributed by atoms with van der Waals surface area (Å²) in [5.41, 5.74) is 11.0. The molecule has 6 rings (SSSR count). The first-order valence-corrected chi connectivity index (χ1v) is 16.3. The van der Waals surface area contributed by atoms with Gasteiger partial charge in [0.15, 0.2) is 11.2 Å². The number of hydrogen-bond donors (Lipinski definition) is 1. The molecule has 4 aromatic heterocycles. The van der Waals surface area contributed by atoms with E-state index in [1.807, 2.05) is 56.3 Å². The molecule has 1 N–H and O–H groups in total. The summed E-state index contributed by atoms with van der Waals surface area (Å²) >= 11 is -1.50. The molecule has 15 heteroatoms. The summed E-state index contributed by atoms with van der Waals surface area (Å²) in [6.07, 6.45) is 5.12. The second kappa shape index (κ2) is 19.9. The van der Waals surface area contributed by atoms with Gasteiger partial charge < -0.3 is 23.4 Å². The highest BCUT2D eigenvalue weighted by molar-refractivity contribution is 7.51. The lowest BCUT2D eigenvalue weighted by Crippen LogP contribution is -2.00. The number of rotatable bonds is 9. The van der Waals surface area contributed by atoms with Gasteiger partial charge in [-0.15, -0.1) is 0 Å². The quantitative estimate of drug-likeness (QED) is 0.141. The van der Waals surface area contributed by atoms with Crippen molar-refractivity contribution in [1.82, 2.24) is 19.9 Å². The van der Waals surface area contributed by atoms with Crippen molar-refractivity contribution in [1.29, 1.82) is 0 Å². The Bertz CT molecular complexity index is 2040. The van der Waals surface area contributed by atoms with Crippen molar-refractivity contribution in [3.05, 3.63) is 94.3 Å². The SMILES string of the molecule is CCc1cc(CO)cnc1-c1nc2cc(C)ccc2o1.CCc1cc(COCOC)cnc1-c1nc2cc(C)ccc2o1.O=S=O.O=S=O. The molecule has 0 bridgehead atoms. The van der Waals surface area contributed by atoms with Gasteiger partial charge in [-0.05, 0) is 96.5 Å². The maximum atomic E-state index is 9.18.